The van der Waals surface area contributed by atoms with Crippen molar-refractivity contribution < 1.29 is 9.53 Å². The van der Waals surface area contributed by atoms with Gasteiger partial charge in [0.15, 0.2) is 6.61 Å². The van der Waals surface area contributed by atoms with Crippen LogP contribution in [0.4, 0.5) is 0 Å². The van der Waals surface area contributed by atoms with E-state index in [2.05, 4.69) is 23.6 Å². The Morgan fingerprint density at radius 2 is 1.81 bits per heavy atom. The number of amides is 1. The maximum absolute atomic E-state index is 13.0. The second-order valence-electron chi connectivity index (χ2n) is 7.52. The van der Waals surface area contributed by atoms with Gasteiger partial charge in [0.05, 0.1) is 6.54 Å². The van der Waals surface area contributed by atoms with E-state index in [1.165, 1.54) is 0 Å². The Bertz CT molecular complexity index is 970. The molecule has 0 saturated heterocycles. The first kappa shape index (κ1) is 23.2. The summed E-state index contributed by atoms with van der Waals surface area (Å²) in [4.78, 5) is 14.9. The molecule has 6 heteroatoms. The number of nitrogens with zero attached hydrogens (tertiary/aromatic N) is 2. The second kappa shape index (κ2) is 11.8. The predicted octanol–water partition coefficient (Wildman–Crippen LogP) is 6.44. The van der Waals surface area contributed by atoms with Gasteiger partial charge in [-0.15, -0.1) is 0 Å². The van der Waals surface area contributed by atoms with Gasteiger partial charge in [-0.1, -0.05) is 55.1 Å². The van der Waals surface area contributed by atoms with Gasteiger partial charge in [0.1, 0.15) is 5.75 Å². The van der Waals surface area contributed by atoms with Crippen LogP contribution in [-0.4, -0.2) is 28.5 Å². The molecule has 2 aromatic carbocycles. The third-order valence-corrected chi connectivity index (χ3v) is 5.57. The molecule has 1 amide bonds. The predicted molar refractivity (Wildman–Crippen MR) is 127 cm³/mol. The molecule has 4 nitrogen and oxygen atoms in total. The Morgan fingerprint density at radius 3 is 2.55 bits per heavy atom. The van der Waals surface area contributed by atoms with Crippen LogP contribution < -0.4 is 4.74 Å². The fraction of sp³-hybridized carbons (Fsp3) is 0.320. The maximum Gasteiger partial charge on any atom is 0.260 e. The number of carbonyl (C=O) groups is 1. The van der Waals surface area contributed by atoms with Gasteiger partial charge in [0, 0.05) is 35.0 Å². The van der Waals surface area contributed by atoms with Crippen molar-refractivity contribution in [2.75, 3.05) is 13.2 Å². The van der Waals surface area contributed by atoms with Crippen LogP contribution in [0.5, 0.6) is 5.75 Å². The molecule has 0 aliphatic rings. The second-order valence-corrected chi connectivity index (χ2v) is 8.40. The van der Waals surface area contributed by atoms with Gasteiger partial charge in [-0.3, -0.25) is 4.79 Å². The van der Waals surface area contributed by atoms with E-state index in [0.29, 0.717) is 30.4 Å². The van der Waals surface area contributed by atoms with Gasteiger partial charge in [0.2, 0.25) is 0 Å². The summed E-state index contributed by atoms with van der Waals surface area (Å²) >= 11 is 12.0. The average molecular weight is 459 g/mol. The maximum atomic E-state index is 13.0. The lowest BCUT2D eigenvalue weighted by Gasteiger charge is -2.24. The number of carbonyl (C=O) groups excluding carboxylic acids is 1. The quantitative estimate of drug-likeness (QED) is 0.309. The lowest BCUT2D eigenvalue weighted by atomic mass is 10.2. The molecule has 0 unspecified atom stereocenters. The molecule has 0 N–H and O–H groups in total. The van der Waals surface area contributed by atoms with Gasteiger partial charge in [0.25, 0.3) is 5.91 Å². The van der Waals surface area contributed by atoms with Gasteiger partial charge in [-0.25, -0.2) is 0 Å². The summed E-state index contributed by atoms with van der Waals surface area (Å²) in [7, 11) is 0. The summed E-state index contributed by atoms with van der Waals surface area (Å²) < 4.78 is 7.86. The lowest BCUT2D eigenvalue weighted by molar-refractivity contribution is -0.134. The summed E-state index contributed by atoms with van der Waals surface area (Å²) in [5, 5.41) is 1.36. The number of halogens is 2. The standard InChI is InChI=1S/C25H28Cl2N2O2/c1-2-3-4-14-29(25(30)19-31-24-12-10-21(26)11-13-24)18-23-9-6-15-28(23)17-20-7-5-8-22(27)16-20/h5-13,15-16H,2-4,14,17-19H2,1H3. The van der Waals surface area contributed by atoms with Gasteiger partial charge in [-0.05, 0) is 60.5 Å². The molecule has 1 heterocycles. The van der Waals surface area contributed by atoms with Crippen LogP contribution in [0, 0.1) is 0 Å². The Hall–Kier alpha value is -2.43. The zero-order valence-corrected chi connectivity index (χ0v) is 19.3. The summed E-state index contributed by atoms with van der Waals surface area (Å²) in [5.74, 6) is 0.608. The molecule has 31 heavy (non-hydrogen) atoms. The molecule has 0 aliphatic heterocycles. The molecule has 3 aromatic rings. The smallest absolute Gasteiger partial charge is 0.260 e. The molecule has 3 rings (SSSR count). The number of aromatic nitrogens is 1. The number of benzene rings is 2. The molecule has 0 radical (unpaired) electrons. The summed E-state index contributed by atoms with van der Waals surface area (Å²) in [6, 6.07) is 19.0. The van der Waals surface area contributed by atoms with E-state index in [-0.39, 0.29) is 12.5 Å². The Labute approximate surface area is 194 Å². The van der Waals surface area contributed by atoms with Gasteiger partial charge < -0.3 is 14.2 Å². The fourth-order valence-electron chi connectivity index (χ4n) is 3.39. The number of ether oxygens (including phenoxy) is 1. The molecular formula is C25H28Cl2N2O2. The van der Waals surface area contributed by atoms with Crippen molar-refractivity contribution in [2.24, 2.45) is 0 Å². The van der Waals surface area contributed by atoms with Crippen molar-refractivity contribution in [2.45, 2.75) is 39.3 Å². The average Bonchev–Trinajstić information content (AvgIpc) is 3.19. The minimum Gasteiger partial charge on any atom is -0.484 e. The van der Waals surface area contributed by atoms with E-state index in [1.807, 2.05) is 35.4 Å². The van der Waals surface area contributed by atoms with Gasteiger partial charge >= 0.3 is 0 Å². The van der Waals surface area contributed by atoms with Crippen LogP contribution in [0.15, 0.2) is 66.9 Å². The molecule has 164 valence electrons. The third-order valence-electron chi connectivity index (χ3n) is 5.08. The molecule has 1 aromatic heterocycles. The minimum atomic E-state index is -0.0263. The first-order chi connectivity index (χ1) is 15.0. The molecule has 0 fully saturated rings. The van der Waals surface area contributed by atoms with Crippen molar-refractivity contribution in [1.29, 1.82) is 0 Å². The Kier molecular flexibility index (Phi) is 8.86. The number of rotatable bonds is 11. The fourth-order valence-corrected chi connectivity index (χ4v) is 3.73. The van der Waals surface area contributed by atoms with Crippen molar-refractivity contribution >= 4 is 29.1 Å². The molecular weight excluding hydrogens is 431 g/mol. The van der Waals surface area contributed by atoms with E-state index >= 15 is 0 Å². The highest BCUT2D eigenvalue weighted by atomic mass is 35.5. The van der Waals surface area contributed by atoms with Crippen molar-refractivity contribution in [3.8, 4) is 5.75 Å². The molecule has 0 aliphatic carbocycles. The van der Waals surface area contributed by atoms with Crippen molar-refractivity contribution in [1.82, 2.24) is 9.47 Å². The topological polar surface area (TPSA) is 34.5 Å². The normalized spacial score (nSPS) is 10.8. The Morgan fingerprint density at radius 1 is 1.00 bits per heavy atom. The highest BCUT2D eigenvalue weighted by Gasteiger charge is 2.16. The largest absolute Gasteiger partial charge is 0.484 e. The highest BCUT2D eigenvalue weighted by Crippen LogP contribution is 2.17. The monoisotopic (exact) mass is 458 g/mol. The van der Waals surface area contributed by atoms with Crippen molar-refractivity contribution in [3.63, 3.8) is 0 Å². The van der Waals surface area contributed by atoms with E-state index in [1.54, 1.807) is 24.3 Å². The van der Waals surface area contributed by atoms with E-state index in [9.17, 15) is 4.79 Å². The number of unbranched alkanes of at least 4 members (excludes halogenated alkanes) is 2. The summed E-state index contributed by atoms with van der Waals surface area (Å²) in [6.07, 6.45) is 5.20. The zero-order chi connectivity index (χ0) is 22.1. The lowest BCUT2D eigenvalue weighted by Crippen LogP contribution is -2.36. The molecule has 0 atom stereocenters. The molecule has 0 saturated carbocycles. The summed E-state index contributed by atoms with van der Waals surface area (Å²) in [6.45, 7) is 4.12. The van der Waals surface area contributed by atoms with Crippen LogP contribution >= 0.6 is 23.2 Å². The highest BCUT2D eigenvalue weighted by molar-refractivity contribution is 6.30. The van der Waals surface area contributed by atoms with Gasteiger partial charge in [-0.2, -0.15) is 0 Å². The third kappa shape index (κ3) is 7.34. The van der Waals surface area contributed by atoms with Crippen LogP contribution in [0.1, 0.15) is 37.4 Å². The first-order valence-electron chi connectivity index (χ1n) is 10.6. The van der Waals surface area contributed by atoms with Crippen LogP contribution in [0.3, 0.4) is 0 Å². The Balaban J connectivity index is 1.66. The first-order valence-corrected chi connectivity index (χ1v) is 11.4. The molecule has 0 spiro atoms. The summed E-state index contributed by atoms with van der Waals surface area (Å²) in [5.41, 5.74) is 2.20. The van der Waals surface area contributed by atoms with Crippen LogP contribution in [-0.2, 0) is 17.9 Å². The van der Waals surface area contributed by atoms with Crippen molar-refractivity contribution in [3.05, 3.63) is 88.2 Å². The van der Waals surface area contributed by atoms with Crippen LogP contribution in [0.25, 0.3) is 0 Å². The van der Waals surface area contributed by atoms with Crippen LogP contribution in [0.2, 0.25) is 10.0 Å². The SMILES string of the molecule is CCCCCN(Cc1cccn1Cc1cccc(Cl)c1)C(=O)COc1ccc(Cl)cc1. The van der Waals surface area contributed by atoms with E-state index in [4.69, 9.17) is 27.9 Å². The molecule has 0 bridgehead atoms. The number of hydrogen-bond acceptors (Lipinski definition) is 2. The number of hydrogen-bond donors (Lipinski definition) is 0. The zero-order valence-electron chi connectivity index (χ0n) is 17.8. The minimum absolute atomic E-state index is 0.00274. The van der Waals surface area contributed by atoms with E-state index < -0.39 is 0 Å². The van der Waals surface area contributed by atoms with E-state index in [0.717, 1.165) is 35.5 Å².